The fourth-order valence-corrected chi connectivity index (χ4v) is 4.99. The number of carbonyl (C=O) groups excluding carboxylic acids is 3. The second kappa shape index (κ2) is 10.1. The molecule has 1 fully saturated rings. The zero-order valence-electron chi connectivity index (χ0n) is 16.4. The first-order valence-corrected chi connectivity index (χ1v) is 11.2. The molecule has 1 heterocycles. The van der Waals surface area contributed by atoms with E-state index in [0.717, 1.165) is 17.6 Å². The summed E-state index contributed by atoms with van der Waals surface area (Å²) in [6.07, 6.45) is 6.80. The summed E-state index contributed by atoms with van der Waals surface area (Å²) in [5.41, 5.74) is 2.39. The standard InChI is InChI=1S/C22H17I2N3O4/c1-3-7-31-20-16(23)9-14(10-17(20)24)11-18-21(29)27(22(30)26-18)12-19(28)25-15-6-4-5-13(2)8-15/h1,4-6,8-11H,7,12H2,2H3,(H,25,28)(H,26,30)/b18-11+. The van der Waals surface area contributed by atoms with Gasteiger partial charge in [0.05, 0.1) is 7.14 Å². The minimum Gasteiger partial charge on any atom is -0.479 e. The van der Waals surface area contributed by atoms with Crippen LogP contribution in [0.2, 0.25) is 0 Å². The molecule has 0 bridgehead atoms. The number of ether oxygens (including phenoxy) is 1. The molecule has 1 saturated heterocycles. The highest BCUT2D eigenvalue weighted by Gasteiger charge is 2.35. The van der Waals surface area contributed by atoms with Crippen molar-refractivity contribution in [3.8, 4) is 18.1 Å². The van der Waals surface area contributed by atoms with E-state index < -0.39 is 17.8 Å². The van der Waals surface area contributed by atoms with Gasteiger partial charge in [-0.25, -0.2) is 9.69 Å². The van der Waals surface area contributed by atoms with Gasteiger partial charge in [0.15, 0.2) is 0 Å². The number of halogens is 2. The van der Waals surface area contributed by atoms with Crippen LogP contribution in [0.1, 0.15) is 11.1 Å². The van der Waals surface area contributed by atoms with Crippen molar-refractivity contribution in [3.63, 3.8) is 0 Å². The molecule has 3 rings (SSSR count). The zero-order valence-corrected chi connectivity index (χ0v) is 20.7. The summed E-state index contributed by atoms with van der Waals surface area (Å²) in [4.78, 5) is 38.1. The van der Waals surface area contributed by atoms with E-state index >= 15 is 0 Å². The molecule has 4 amide bonds. The summed E-state index contributed by atoms with van der Waals surface area (Å²) in [7, 11) is 0. The Kier molecular flexibility index (Phi) is 7.55. The monoisotopic (exact) mass is 641 g/mol. The minimum absolute atomic E-state index is 0.0947. The van der Waals surface area contributed by atoms with Crippen molar-refractivity contribution in [1.82, 2.24) is 10.2 Å². The molecule has 0 spiro atoms. The van der Waals surface area contributed by atoms with Gasteiger partial charge in [0, 0.05) is 5.69 Å². The first-order chi connectivity index (χ1) is 14.8. The van der Waals surface area contributed by atoms with Gasteiger partial charge in [-0.05, 0) is 93.6 Å². The van der Waals surface area contributed by atoms with Gasteiger partial charge >= 0.3 is 6.03 Å². The van der Waals surface area contributed by atoms with Crippen molar-refractivity contribution in [2.45, 2.75) is 6.92 Å². The number of anilines is 1. The highest BCUT2D eigenvalue weighted by Crippen LogP contribution is 2.30. The Morgan fingerprint density at radius 2 is 1.97 bits per heavy atom. The first kappa shape index (κ1) is 23.1. The normalized spacial score (nSPS) is 14.4. The van der Waals surface area contributed by atoms with E-state index in [-0.39, 0.29) is 18.8 Å². The molecule has 9 heteroatoms. The minimum atomic E-state index is -0.644. The summed E-state index contributed by atoms with van der Waals surface area (Å²) in [6, 6.07) is 10.2. The van der Waals surface area contributed by atoms with Crippen LogP contribution in [-0.2, 0) is 9.59 Å². The Labute approximate surface area is 206 Å². The molecule has 0 aromatic heterocycles. The quantitative estimate of drug-likeness (QED) is 0.218. The number of amides is 4. The average molecular weight is 641 g/mol. The maximum atomic E-state index is 12.7. The zero-order chi connectivity index (χ0) is 22.5. The number of imide groups is 1. The maximum Gasteiger partial charge on any atom is 0.329 e. The van der Waals surface area contributed by atoms with Crippen molar-refractivity contribution in [1.29, 1.82) is 0 Å². The Morgan fingerprint density at radius 3 is 2.61 bits per heavy atom. The number of urea groups is 1. The number of rotatable bonds is 6. The number of hydrogen-bond acceptors (Lipinski definition) is 4. The van der Waals surface area contributed by atoms with Crippen LogP contribution in [0.5, 0.6) is 5.75 Å². The molecule has 0 unspecified atom stereocenters. The van der Waals surface area contributed by atoms with E-state index in [1.807, 2.05) is 31.2 Å². The smallest absolute Gasteiger partial charge is 0.329 e. The average Bonchev–Trinajstić information content (AvgIpc) is 2.95. The van der Waals surface area contributed by atoms with Crippen LogP contribution >= 0.6 is 45.2 Å². The molecule has 158 valence electrons. The highest BCUT2D eigenvalue weighted by atomic mass is 127. The fourth-order valence-electron chi connectivity index (χ4n) is 2.86. The number of nitrogens with zero attached hydrogens (tertiary/aromatic N) is 1. The van der Waals surface area contributed by atoms with E-state index in [4.69, 9.17) is 11.2 Å². The third-order valence-corrected chi connectivity index (χ3v) is 5.80. The number of aryl methyl sites for hydroxylation is 1. The third-order valence-electron chi connectivity index (χ3n) is 4.20. The molecule has 7 nitrogen and oxygen atoms in total. The third kappa shape index (κ3) is 5.76. The number of nitrogens with one attached hydrogen (secondary N) is 2. The van der Waals surface area contributed by atoms with E-state index in [0.29, 0.717) is 17.0 Å². The van der Waals surface area contributed by atoms with Crippen molar-refractivity contribution >= 4 is 74.8 Å². The Hall–Kier alpha value is -2.59. The molecule has 1 aliphatic heterocycles. The SMILES string of the molecule is C#CCOc1c(I)cc(/C=C2/NC(=O)N(CC(=O)Nc3cccc(C)c3)C2=O)cc1I. The Bertz CT molecular complexity index is 1110. The number of carbonyl (C=O) groups is 3. The molecule has 2 aromatic carbocycles. The largest absolute Gasteiger partial charge is 0.479 e. The van der Waals surface area contributed by atoms with Crippen LogP contribution in [0, 0.1) is 26.4 Å². The maximum absolute atomic E-state index is 12.7. The molecular weight excluding hydrogens is 624 g/mol. The second-order valence-corrected chi connectivity index (χ2v) is 8.93. The first-order valence-electron chi connectivity index (χ1n) is 9.05. The number of benzene rings is 2. The molecule has 1 aliphatic rings. The second-order valence-electron chi connectivity index (χ2n) is 6.60. The van der Waals surface area contributed by atoms with Crippen molar-refractivity contribution < 1.29 is 19.1 Å². The number of terminal acetylenes is 1. The van der Waals surface area contributed by atoms with Crippen LogP contribution in [0.3, 0.4) is 0 Å². The summed E-state index contributed by atoms with van der Waals surface area (Å²) < 4.78 is 7.17. The van der Waals surface area contributed by atoms with Gasteiger partial charge in [0.25, 0.3) is 5.91 Å². The van der Waals surface area contributed by atoms with E-state index in [1.165, 1.54) is 0 Å². The van der Waals surface area contributed by atoms with Gasteiger partial charge in [-0.3, -0.25) is 9.59 Å². The van der Waals surface area contributed by atoms with Crippen LogP contribution in [0.4, 0.5) is 10.5 Å². The Balaban J connectivity index is 1.73. The van der Waals surface area contributed by atoms with E-state index in [2.05, 4.69) is 61.7 Å². The predicted molar refractivity (Wildman–Crippen MR) is 134 cm³/mol. The van der Waals surface area contributed by atoms with Crippen LogP contribution < -0.4 is 15.4 Å². The van der Waals surface area contributed by atoms with Crippen LogP contribution in [0.15, 0.2) is 42.1 Å². The summed E-state index contributed by atoms with van der Waals surface area (Å²) in [5.74, 6) is 2.06. The topological polar surface area (TPSA) is 87.7 Å². The predicted octanol–water partition coefficient (Wildman–Crippen LogP) is 3.75. The summed E-state index contributed by atoms with van der Waals surface area (Å²) in [6.45, 7) is 1.67. The summed E-state index contributed by atoms with van der Waals surface area (Å²) >= 11 is 4.23. The highest BCUT2D eigenvalue weighted by molar-refractivity contribution is 14.1. The van der Waals surface area contributed by atoms with E-state index in [1.54, 1.807) is 18.2 Å². The van der Waals surface area contributed by atoms with Gasteiger partial charge in [0.2, 0.25) is 5.91 Å². The van der Waals surface area contributed by atoms with Crippen molar-refractivity contribution in [2.75, 3.05) is 18.5 Å². The van der Waals surface area contributed by atoms with Gasteiger partial charge in [-0.2, -0.15) is 0 Å². The molecule has 2 aromatic rings. The molecule has 0 saturated carbocycles. The lowest BCUT2D eigenvalue weighted by Crippen LogP contribution is -2.38. The molecule has 31 heavy (non-hydrogen) atoms. The van der Waals surface area contributed by atoms with Gasteiger partial charge < -0.3 is 15.4 Å². The number of hydrogen-bond donors (Lipinski definition) is 2. The lowest BCUT2D eigenvalue weighted by atomic mass is 10.2. The molecule has 0 radical (unpaired) electrons. The summed E-state index contributed by atoms with van der Waals surface area (Å²) in [5, 5.41) is 5.22. The van der Waals surface area contributed by atoms with Crippen LogP contribution in [0.25, 0.3) is 6.08 Å². The lowest BCUT2D eigenvalue weighted by molar-refractivity contribution is -0.127. The molecule has 2 N–H and O–H groups in total. The van der Waals surface area contributed by atoms with Crippen molar-refractivity contribution in [2.24, 2.45) is 0 Å². The van der Waals surface area contributed by atoms with E-state index in [9.17, 15) is 14.4 Å². The van der Waals surface area contributed by atoms with Gasteiger partial charge in [-0.15, -0.1) is 6.42 Å². The molecular formula is C22H17I2N3O4. The lowest BCUT2D eigenvalue weighted by Gasteiger charge is -2.12. The van der Waals surface area contributed by atoms with Crippen molar-refractivity contribution in [3.05, 3.63) is 60.4 Å². The molecule has 0 aliphatic carbocycles. The Morgan fingerprint density at radius 1 is 1.26 bits per heavy atom. The molecule has 0 atom stereocenters. The van der Waals surface area contributed by atoms with Gasteiger partial charge in [0.1, 0.15) is 24.6 Å². The fraction of sp³-hybridized carbons (Fsp3) is 0.136. The van der Waals surface area contributed by atoms with Gasteiger partial charge in [-0.1, -0.05) is 18.1 Å². The van der Waals surface area contributed by atoms with Crippen LogP contribution in [-0.4, -0.2) is 35.9 Å².